The van der Waals surface area contributed by atoms with Gasteiger partial charge in [-0.1, -0.05) is 19.8 Å². The van der Waals surface area contributed by atoms with Gasteiger partial charge in [0.1, 0.15) is 12.4 Å². The first-order valence-electron chi connectivity index (χ1n) is 7.08. The van der Waals surface area contributed by atoms with Gasteiger partial charge >= 0.3 is 0 Å². The molecule has 1 aromatic heterocycles. The molecular formula is C14H22BrN3O. The first-order valence-corrected chi connectivity index (χ1v) is 7.87. The Kier molecular flexibility index (Phi) is 5.58. The average Bonchev–Trinajstić information content (AvgIpc) is 2.94. The summed E-state index contributed by atoms with van der Waals surface area (Å²) in [4.78, 5) is 9.21. The lowest BCUT2D eigenvalue weighted by atomic mass is 10.0. The minimum Gasteiger partial charge on any atom is -0.373 e. The Balaban J connectivity index is 2.21. The smallest absolute Gasteiger partial charge is 0.156 e. The van der Waals surface area contributed by atoms with Gasteiger partial charge in [0.25, 0.3) is 0 Å². The van der Waals surface area contributed by atoms with Crippen LogP contribution >= 0.6 is 15.9 Å². The van der Waals surface area contributed by atoms with E-state index in [0.29, 0.717) is 12.5 Å². The molecule has 1 fully saturated rings. The van der Waals surface area contributed by atoms with E-state index in [4.69, 9.17) is 9.72 Å². The highest BCUT2D eigenvalue weighted by Gasteiger charge is 2.23. The summed E-state index contributed by atoms with van der Waals surface area (Å²) in [6.07, 6.45) is 6.09. The van der Waals surface area contributed by atoms with E-state index >= 15 is 0 Å². The van der Waals surface area contributed by atoms with Gasteiger partial charge in [0.2, 0.25) is 0 Å². The van der Waals surface area contributed by atoms with Crippen molar-refractivity contribution in [3.05, 3.63) is 16.0 Å². The molecular weight excluding hydrogens is 306 g/mol. The molecule has 0 radical (unpaired) electrons. The number of nitrogens with one attached hydrogen (secondary N) is 1. The van der Waals surface area contributed by atoms with Crippen molar-refractivity contribution in [2.75, 3.05) is 19.0 Å². The van der Waals surface area contributed by atoms with Gasteiger partial charge in [-0.25, -0.2) is 9.97 Å². The largest absolute Gasteiger partial charge is 0.373 e. The summed E-state index contributed by atoms with van der Waals surface area (Å²) in [6, 6.07) is 0. The zero-order chi connectivity index (χ0) is 13.7. The first kappa shape index (κ1) is 14.7. The van der Waals surface area contributed by atoms with E-state index in [1.165, 1.54) is 25.7 Å². The molecule has 1 heterocycles. The van der Waals surface area contributed by atoms with Crippen molar-refractivity contribution in [1.82, 2.24) is 9.97 Å². The molecule has 1 aromatic rings. The maximum atomic E-state index is 5.56. The van der Waals surface area contributed by atoms with Gasteiger partial charge in [0.15, 0.2) is 5.82 Å². The number of hydrogen-bond acceptors (Lipinski definition) is 4. The zero-order valence-electron chi connectivity index (χ0n) is 11.7. The summed E-state index contributed by atoms with van der Waals surface area (Å²) >= 11 is 3.64. The molecule has 0 unspecified atom stereocenters. The lowest BCUT2D eigenvalue weighted by molar-refractivity contribution is 0.116. The second-order valence-corrected chi connectivity index (χ2v) is 5.76. The number of halogens is 1. The third-order valence-corrected chi connectivity index (χ3v) is 4.26. The van der Waals surface area contributed by atoms with Crippen molar-refractivity contribution in [3.63, 3.8) is 0 Å². The zero-order valence-corrected chi connectivity index (χ0v) is 13.3. The summed E-state index contributed by atoms with van der Waals surface area (Å²) in [5, 5.41) is 3.14. The third-order valence-electron chi connectivity index (χ3n) is 3.48. The van der Waals surface area contributed by atoms with Crippen LogP contribution in [0.15, 0.2) is 4.47 Å². The Bertz CT molecular complexity index is 419. The van der Waals surface area contributed by atoms with Crippen LogP contribution in [0, 0.1) is 0 Å². The maximum absolute atomic E-state index is 5.56. The Labute approximate surface area is 123 Å². The van der Waals surface area contributed by atoms with Crippen LogP contribution in [0.1, 0.15) is 56.5 Å². The predicted molar refractivity (Wildman–Crippen MR) is 80.4 cm³/mol. The predicted octanol–water partition coefficient (Wildman–Crippen LogP) is 3.87. The lowest BCUT2D eigenvalue weighted by Gasteiger charge is -2.15. The maximum Gasteiger partial charge on any atom is 0.156 e. The molecule has 2 rings (SSSR count). The van der Waals surface area contributed by atoms with Crippen LogP contribution in [-0.4, -0.2) is 23.6 Å². The molecule has 0 bridgehead atoms. The van der Waals surface area contributed by atoms with Gasteiger partial charge in [-0.05, 0) is 35.2 Å². The van der Waals surface area contributed by atoms with Crippen LogP contribution in [-0.2, 0) is 11.3 Å². The number of aromatic nitrogens is 2. The van der Waals surface area contributed by atoms with Gasteiger partial charge in [-0.15, -0.1) is 0 Å². The molecule has 1 N–H and O–H groups in total. The molecule has 5 heteroatoms. The van der Waals surface area contributed by atoms with Crippen molar-refractivity contribution in [1.29, 1.82) is 0 Å². The molecule has 0 spiro atoms. The number of nitrogens with zero attached hydrogens (tertiary/aromatic N) is 2. The minimum atomic E-state index is 0.496. The molecule has 0 amide bonds. The average molecular weight is 328 g/mol. The van der Waals surface area contributed by atoms with Crippen LogP contribution in [0.3, 0.4) is 0 Å². The van der Waals surface area contributed by atoms with Crippen LogP contribution in [0.4, 0.5) is 5.82 Å². The van der Waals surface area contributed by atoms with E-state index in [9.17, 15) is 0 Å². The highest BCUT2D eigenvalue weighted by molar-refractivity contribution is 9.10. The van der Waals surface area contributed by atoms with Crippen molar-refractivity contribution in [2.24, 2.45) is 0 Å². The normalized spacial score (nSPS) is 15.9. The number of hydrogen-bond donors (Lipinski definition) is 1. The quantitative estimate of drug-likeness (QED) is 0.806. The van der Waals surface area contributed by atoms with Crippen molar-refractivity contribution < 1.29 is 4.74 Å². The highest BCUT2D eigenvalue weighted by atomic mass is 79.9. The molecule has 0 saturated heterocycles. The van der Waals surface area contributed by atoms with E-state index in [2.05, 4.69) is 33.2 Å². The molecule has 1 aliphatic carbocycles. The molecule has 106 valence electrons. The summed E-state index contributed by atoms with van der Waals surface area (Å²) in [6.45, 7) is 3.36. The molecule has 0 aliphatic heterocycles. The molecule has 0 atom stereocenters. The first-order chi connectivity index (χ1) is 9.26. The highest BCUT2D eigenvalue weighted by Crippen LogP contribution is 2.38. The minimum absolute atomic E-state index is 0.496. The standard InChI is InChI=1S/C14H22BrN3O/c1-3-8-19-9-11-17-13(10-6-4-5-7-10)12(15)14(16-2)18-11/h10H,3-9H2,1-2H3,(H,16,17,18). The molecule has 4 nitrogen and oxygen atoms in total. The summed E-state index contributed by atoms with van der Waals surface area (Å²) < 4.78 is 6.57. The van der Waals surface area contributed by atoms with Gasteiger partial charge in [-0.2, -0.15) is 0 Å². The molecule has 19 heavy (non-hydrogen) atoms. The van der Waals surface area contributed by atoms with Crippen LogP contribution in [0.5, 0.6) is 0 Å². The fraction of sp³-hybridized carbons (Fsp3) is 0.714. The van der Waals surface area contributed by atoms with Crippen LogP contribution in [0.2, 0.25) is 0 Å². The Morgan fingerprint density at radius 3 is 2.68 bits per heavy atom. The van der Waals surface area contributed by atoms with Gasteiger partial charge < -0.3 is 10.1 Å². The Hall–Kier alpha value is -0.680. The van der Waals surface area contributed by atoms with Gasteiger partial charge in [0.05, 0.1) is 10.2 Å². The second kappa shape index (κ2) is 7.20. The van der Waals surface area contributed by atoms with Crippen molar-refractivity contribution >= 4 is 21.7 Å². The summed E-state index contributed by atoms with van der Waals surface area (Å²) in [5.74, 6) is 2.21. The molecule has 1 aliphatic rings. The molecule has 1 saturated carbocycles. The van der Waals surface area contributed by atoms with Crippen molar-refractivity contribution in [2.45, 2.75) is 51.6 Å². The van der Waals surface area contributed by atoms with Crippen LogP contribution < -0.4 is 5.32 Å². The summed E-state index contributed by atoms with van der Waals surface area (Å²) in [5.41, 5.74) is 1.15. The van der Waals surface area contributed by atoms with E-state index in [1.807, 2.05) is 7.05 Å². The number of rotatable bonds is 6. The third kappa shape index (κ3) is 3.66. The van der Waals surface area contributed by atoms with E-state index in [1.54, 1.807) is 0 Å². The van der Waals surface area contributed by atoms with Crippen LogP contribution in [0.25, 0.3) is 0 Å². The fourth-order valence-corrected chi connectivity index (χ4v) is 3.22. The van der Waals surface area contributed by atoms with Gasteiger partial charge in [-0.3, -0.25) is 0 Å². The van der Waals surface area contributed by atoms with Crippen molar-refractivity contribution in [3.8, 4) is 0 Å². The molecule has 0 aromatic carbocycles. The monoisotopic (exact) mass is 327 g/mol. The summed E-state index contributed by atoms with van der Waals surface area (Å²) in [7, 11) is 1.89. The van der Waals surface area contributed by atoms with E-state index in [-0.39, 0.29) is 0 Å². The number of ether oxygens (including phenoxy) is 1. The lowest BCUT2D eigenvalue weighted by Crippen LogP contribution is -2.09. The fourth-order valence-electron chi connectivity index (χ4n) is 2.52. The number of anilines is 1. The second-order valence-electron chi connectivity index (χ2n) is 4.97. The topological polar surface area (TPSA) is 47.0 Å². The van der Waals surface area contributed by atoms with E-state index < -0.39 is 0 Å². The SMILES string of the molecule is CCCOCc1nc(NC)c(Br)c(C2CCCC2)n1. The Morgan fingerprint density at radius 2 is 2.05 bits per heavy atom. The Morgan fingerprint density at radius 1 is 1.32 bits per heavy atom. The van der Waals surface area contributed by atoms with Gasteiger partial charge in [0, 0.05) is 19.6 Å². The van der Waals surface area contributed by atoms with E-state index in [0.717, 1.165) is 34.8 Å².